The fraction of sp³-hybridized carbons (Fsp3) is 0.227. The van der Waals surface area contributed by atoms with E-state index in [1.165, 1.54) is 19.4 Å². The molecule has 31 heavy (non-hydrogen) atoms. The summed E-state index contributed by atoms with van der Waals surface area (Å²) in [7, 11) is 1.26. The molecule has 1 aromatic heterocycles. The Hall–Kier alpha value is -4.01. The minimum Gasteiger partial charge on any atom is -0.482 e. The molecule has 0 fully saturated rings. The van der Waals surface area contributed by atoms with E-state index in [0.717, 1.165) is 4.57 Å². The van der Waals surface area contributed by atoms with Crippen molar-refractivity contribution in [3.63, 3.8) is 0 Å². The molecule has 0 saturated carbocycles. The van der Waals surface area contributed by atoms with Crippen molar-refractivity contribution in [3.8, 4) is 5.75 Å². The van der Waals surface area contributed by atoms with Crippen molar-refractivity contribution < 1.29 is 29.0 Å². The van der Waals surface area contributed by atoms with E-state index in [-0.39, 0.29) is 12.6 Å². The van der Waals surface area contributed by atoms with Crippen LogP contribution in [0.15, 0.2) is 54.7 Å². The summed E-state index contributed by atoms with van der Waals surface area (Å²) in [5.41, 5.74) is 4.22. The zero-order valence-corrected chi connectivity index (χ0v) is 17.4. The van der Waals surface area contributed by atoms with Gasteiger partial charge < -0.3 is 14.6 Å². The van der Waals surface area contributed by atoms with Crippen molar-refractivity contribution in [2.45, 2.75) is 19.9 Å². The molecule has 0 spiro atoms. The summed E-state index contributed by atoms with van der Waals surface area (Å²) < 4.78 is 11.0. The van der Waals surface area contributed by atoms with Gasteiger partial charge in [-0.15, -0.1) is 0 Å². The van der Waals surface area contributed by atoms with Crippen LogP contribution in [0.4, 0.5) is 10.5 Å². The number of carbonyl (C=O) groups is 3. The quantitative estimate of drug-likeness (QED) is 0.441. The minimum absolute atomic E-state index is 0.171. The molecule has 3 rings (SSSR count). The van der Waals surface area contributed by atoms with Crippen molar-refractivity contribution in [1.82, 2.24) is 9.99 Å². The first kappa shape index (κ1) is 21.7. The van der Waals surface area contributed by atoms with Gasteiger partial charge >= 0.3 is 12.1 Å². The third-order valence-corrected chi connectivity index (χ3v) is 4.58. The molecule has 0 atom stereocenters. The molecule has 0 unspecified atom stereocenters. The Bertz CT molecular complexity index is 1120. The number of carboxylic acid groups (broad SMARTS) is 1. The van der Waals surface area contributed by atoms with E-state index in [0.29, 0.717) is 27.9 Å². The number of aromatic nitrogens is 1. The maximum Gasteiger partial charge on any atom is 0.416 e. The number of hydrogen-bond acceptors (Lipinski definition) is 6. The molecule has 1 amide bonds. The highest BCUT2D eigenvalue weighted by atomic mass is 16.6. The van der Waals surface area contributed by atoms with Crippen molar-refractivity contribution in [2.75, 3.05) is 18.7 Å². The predicted molar refractivity (Wildman–Crippen MR) is 114 cm³/mol. The number of amides is 1. The first-order valence-electron chi connectivity index (χ1n) is 9.55. The molecule has 9 heteroatoms. The molecule has 0 aliphatic rings. The SMILES string of the molecule is COC(=O)COc1cccc(C(=O)NN(c2cn(C(=O)O)c3ccccc23)C(C)C)c1. The Balaban J connectivity index is 1.88. The van der Waals surface area contributed by atoms with Gasteiger partial charge in [0.25, 0.3) is 5.91 Å². The lowest BCUT2D eigenvalue weighted by Gasteiger charge is -2.28. The summed E-state index contributed by atoms with van der Waals surface area (Å²) in [6.45, 7) is 3.49. The average Bonchev–Trinajstić information content (AvgIpc) is 3.15. The fourth-order valence-electron chi connectivity index (χ4n) is 3.08. The van der Waals surface area contributed by atoms with Crippen molar-refractivity contribution in [2.24, 2.45) is 0 Å². The van der Waals surface area contributed by atoms with Crippen molar-refractivity contribution >= 4 is 34.6 Å². The number of hydrazine groups is 1. The maximum atomic E-state index is 12.9. The molecular formula is C22H23N3O6. The number of ether oxygens (including phenoxy) is 2. The molecule has 0 aliphatic carbocycles. The minimum atomic E-state index is -1.12. The number of benzene rings is 2. The first-order valence-corrected chi connectivity index (χ1v) is 9.55. The molecular weight excluding hydrogens is 402 g/mol. The molecule has 2 N–H and O–H groups in total. The molecule has 0 saturated heterocycles. The second-order valence-electron chi connectivity index (χ2n) is 6.98. The van der Waals surface area contributed by atoms with E-state index in [2.05, 4.69) is 10.2 Å². The summed E-state index contributed by atoms with van der Waals surface area (Å²) >= 11 is 0. The van der Waals surface area contributed by atoms with Crippen LogP contribution < -0.4 is 15.2 Å². The first-order chi connectivity index (χ1) is 14.8. The summed E-state index contributed by atoms with van der Waals surface area (Å²) in [5.74, 6) is -0.600. The summed E-state index contributed by atoms with van der Waals surface area (Å²) in [6, 6.07) is 13.3. The number of rotatable bonds is 7. The highest BCUT2D eigenvalue weighted by Crippen LogP contribution is 2.29. The highest BCUT2D eigenvalue weighted by Gasteiger charge is 2.22. The van der Waals surface area contributed by atoms with Crippen LogP contribution in [0.3, 0.4) is 0 Å². The molecule has 0 aliphatic heterocycles. The normalized spacial score (nSPS) is 10.7. The number of esters is 1. The summed E-state index contributed by atoms with van der Waals surface area (Å²) in [5, 5.41) is 11.8. The van der Waals surface area contributed by atoms with Gasteiger partial charge in [-0.25, -0.2) is 9.59 Å². The standard InChI is InChI=1S/C22H23N3O6/c1-14(2)25(19-12-24(22(28)29)18-10-5-4-9-17(18)19)23-21(27)15-7-6-8-16(11-15)31-13-20(26)30-3/h4-12,14H,13H2,1-3H3,(H,23,27)(H,28,29). The monoisotopic (exact) mass is 425 g/mol. The average molecular weight is 425 g/mol. The van der Waals surface area contributed by atoms with Gasteiger partial charge in [-0.1, -0.05) is 24.3 Å². The van der Waals surface area contributed by atoms with Crippen LogP contribution in [0, 0.1) is 0 Å². The number of hydrogen-bond donors (Lipinski definition) is 2. The Labute approximate surface area is 178 Å². The molecule has 2 aromatic carbocycles. The van der Waals surface area contributed by atoms with E-state index in [1.807, 2.05) is 13.8 Å². The van der Waals surface area contributed by atoms with E-state index in [1.54, 1.807) is 47.5 Å². The molecule has 9 nitrogen and oxygen atoms in total. The van der Waals surface area contributed by atoms with Gasteiger partial charge in [0.15, 0.2) is 6.61 Å². The smallest absolute Gasteiger partial charge is 0.416 e. The number of fused-ring (bicyclic) bond motifs is 1. The predicted octanol–water partition coefficient (Wildman–Crippen LogP) is 3.28. The molecule has 3 aromatic rings. The van der Waals surface area contributed by atoms with E-state index in [4.69, 9.17) is 4.74 Å². The topological polar surface area (TPSA) is 110 Å². The van der Waals surface area contributed by atoms with Gasteiger partial charge in [0, 0.05) is 23.2 Å². The Morgan fingerprint density at radius 2 is 1.87 bits per heavy atom. The number of methoxy groups -OCH3 is 1. The number of para-hydroxylation sites is 1. The van der Waals surface area contributed by atoms with Crippen molar-refractivity contribution in [3.05, 3.63) is 60.3 Å². The zero-order valence-electron chi connectivity index (χ0n) is 17.4. The van der Waals surface area contributed by atoms with Crippen LogP contribution >= 0.6 is 0 Å². The Morgan fingerprint density at radius 3 is 2.55 bits per heavy atom. The van der Waals surface area contributed by atoms with Gasteiger partial charge in [-0.2, -0.15) is 0 Å². The van der Waals surface area contributed by atoms with Gasteiger partial charge in [0.1, 0.15) is 5.75 Å². The van der Waals surface area contributed by atoms with Crippen LogP contribution in [0.2, 0.25) is 0 Å². The van der Waals surface area contributed by atoms with Gasteiger partial charge in [0.05, 0.1) is 18.3 Å². The number of nitrogens with zero attached hydrogens (tertiary/aromatic N) is 2. The van der Waals surface area contributed by atoms with Crippen LogP contribution in [0.25, 0.3) is 10.9 Å². The van der Waals surface area contributed by atoms with Crippen LogP contribution in [0.1, 0.15) is 24.2 Å². The Morgan fingerprint density at radius 1 is 1.13 bits per heavy atom. The fourth-order valence-corrected chi connectivity index (χ4v) is 3.08. The van der Waals surface area contributed by atoms with Crippen LogP contribution in [0.5, 0.6) is 5.75 Å². The second kappa shape index (κ2) is 9.21. The molecule has 0 radical (unpaired) electrons. The zero-order chi connectivity index (χ0) is 22.5. The number of nitrogens with one attached hydrogen (secondary N) is 1. The number of carbonyl (C=O) groups excluding carboxylic acids is 2. The van der Waals surface area contributed by atoms with E-state index >= 15 is 0 Å². The summed E-state index contributed by atoms with van der Waals surface area (Å²) in [4.78, 5) is 35.8. The Kier molecular flexibility index (Phi) is 6.44. The molecule has 1 heterocycles. The third-order valence-electron chi connectivity index (χ3n) is 4.58. The van der Waals surface area contributed by atoms with E-state index in [9.17, 15) is 19.5 Å². The lowest BCUT2D eigenvalue weighted by molar-refractivity contribution is -0.142. The molecule has 0 bridgehead atoms. The molecule has 162 valence electrons. The largest absolute Gasteiger partial charge is 0.482 e. The number of anilines is 1. The highest BCUT2D eigenvalue weighted by molar-refractivity contribution is 6.01. The summed E-state index contributed by atoms with van der Waals surface area (Å²) in [6.07, 6.45) is 0.358. The van der Waals surface area contributed by atoms with E-state index < -0.39 is 18.0 Å². The van der Waals surface area contributed by atoms with Gasteiger partial charge in [0.2, 0.25) is 0 Å². The second-order valence-corrected chi connectivity index (χ2v) is 6.98. The maximum absolute atomic E-state index is 12.9. The lowest BCUT2D eigenvalue weighted by Crippen LogP contribution is -2.46. The third kappa shape index (κ3) is 4.77. The lowest BCUT2D eigenvalue weighted by atomic mass is 10.2. The van der Waals surface area contributed by atoms with Crippen LogP contribution in [-0.2, 0) is 9.53 Å². The van der Waals surface area contributed by atoms with Crippen molar-refractivity contribution in [1.29, 1.82) is 0 Å². The van der Waals surface area contributed by atoms with Gasteiger partial charge in [-0.3, -0.25) is 19.8 Å². The van der Waals surface area contributed by atoms with Gasteiger partial charge in [-0.05, 0) is 38.1 Å². The van der Waals surface area contributed by atoms with Crippen LogP contribution in [-0.4, -0.2) is 47.4 Å².